The number of pyridine rings is 1. The van der Waals surface area contributed by atoms with Crippen LogP contribution < -0.4 is 9.47 Å². The van der Waals surface area contributed by atoms with Gasteiger partial charge in [0.25, 0.3) is 0 Å². The molecule has 0 radical (unpaired) electrons. The van der Waals surface area contributed by atoms with E-state index in [1.807, 2.05) is 24.3 Å². The van der Waals surface area contributed by atoms with Gasteiger partial charge in [-0.05, 0) is 67.5 Å². The third-order valence-corrected chi connectivity index (χ3v) is 6.66. The number of fused-ring (bicyclic) bond motifs is 1. The van der Waals surface area contributed by atoms with Crippen LogP contribution in [0.25, 0.3) is 0 Å². The second kappa shape index (κ2) is 8.23. The zero-order chi connectivity index (χ0) is 22.1. The Morgan fingerprint density at radius 1 is 0.906 bits per heavy atom. The van der Waals surface area contributed by atoms with Crippen molar-refractivity contribution < 1.29 is 19.1 Å². The number of Topliss-reactive ketones (excluding diaryl/α,β-unsaturated/α-hetero) is 2. The van der Waals surface area contributed by atoms with Crippen LogP contribution in [0.3, 0.4) is 0 Å². The molecule has 5 rings (SSSR count). The topological polar surface area (TPSA) is 65.5 Å². The standard InChI is InChI=1S/C27H25NO4/c1-31-23-11-10-19(16-24(23)32-20-6-2-3-7-20)27(17-18-12-14-28-15-13-18)25(29)21-8-4-5-9-22(21)26(27)30/h4-5,8-16,20H,2-3,6-7,17H2,1H3. The average Bonchev–Trinajstić information content (AvgIpc) is 3.42. The quantitative estimate of drug-likeness (QED) is 0.520. The second-order valence-electron chi connectivity index (χ2n) is 8.53. The van der Waals surface area contributed by atoms with Gasteiger partial charge in [-0.2, -0.15) is 0 Å². The number of ether oxygens (including phenoxy) is 2. The van der Waals surface area contributed by atoms with Gasteiger partial charge >= 0.3 is 0 Å². The van der Waals surface area contributed by atoms with Crippen LogP contribution in [-0.2, 0) is 11.8 Å². The fourth-order valence-corrected chi connectivity index (χ4v) is 4.99. The minimum Gasteiger partial charge on any atom is -0.493 e. The summed E-state index contributed by atoms with van der Waals surface area (Å²) in [7, 11) is 1.60. The van der Waals surface area contributed by atoms with E-state index in [1.54, 1.807) is 49.8 Å². The minimum atomic E-state index is -1.34. The molecule has 32 heavy (non-hydrogen) atoms. The zero-order valence-electron chi connectivity index (χ0n) is 18.0. The second-order valence-corrected chi connectivity index (χ2v) is 8.53. The van der Waals surface area contributed by atoms with E-state index in [0.717, 1.165) is 31.2 Å². The molecule has 0 amide bonds. The van der Waals surface area contributed by atoms with Gasteiger partial charge in [-0.3, -0.25) is 14.6 Å². The molecule has 0 unspecified atom stereocenters. The number of aromatic nitrogens is 1. The number of benzene rings is 2. The van der Waals surface area contributed by atoms with Crippen LogP contribution in [0.4, 0.5) is 0 Å². The lowest BCUT2D eigenvalue weighted by Crippen LogP contribution is -2.40. The van der Waals surface area contributed by atoms with E-state index in [9.17, 15) is 9.59 Å². The smallest absolute Gasteiger partial charge is 0.182 e. The summed E-state index contributed by atoms with van der Waals surface area (Å²) in [6.45, 7) is 0. The molecule has 1 fully saturated rings. The molecule has 2 aliphatic carbocycles. The highest BCUT2D eigenvalue weighted by Gasteiger charge is 2.54. The Kier molecular flexibility index (Phi) is 5.25. The summed E-state index contributed by atoms with van der Waals surface area (Å²) >= 11 is 0. The van der Waals surface area contributed by atoms with Crippen LogP contribution in [0.5, 0.6) is 11.5 Å². The van der Waals surface area contributed by atoms with Crippen molar-refractivity contribution in [1.29, 1.82) is 0 Å². The van der Waals surface area contributed by atoms with E-state index in [0.29, 0.717) is 28.2 Å². The lowest BCUT2D eigenvalue weighted by atomic mass is 9.71. The van der Waals surface area contributed by atoms with E-state index >= 15 is 0 Å². The van der Waals surface area contributed by atoms with Crippen molar-refractivity contribution in [2.75, 3.05) is 7.11 Å². The summed E-state index contributed by atoms with van der Waals surface area (Å²) in [5.41, 5.74) is 1.12. The predicted molar refractivity (Wildman–Crippen MR) is 121 cm³/mol. The SMILES string of the molecule is COc1ccc(C2(Cc3ccncc3)C(=O)c3ccccc3C2=O)cc1OC1CCCC1. The Morgan fingerprint density at radius 2 is 1.56 bits per heavy atom. The van der Waals surface area contributed by atoms with Crippen LogP contribution >= 0.6 is 0 Å². The maximum atomic E-state index is 13.8. The van der Waals surface area contributed by atoms with Gasteiger partial charge in [0, 0.05) is 23.5 Å². The molecule has 0 N–H and O–H groups in total. The Bertz CT molecular complexity index is 1130. The molecule has 2 aliphatic rings. The molecule has 5 nitrogen and oxygen atoms in total. The van der Waals surface area contributed by atoms with Crippen molar-refractivity contribution in [1.82, 2.24) is 4.98 Å². The van der Waals surface area contributed by atoms with E-state index in [2.05, 4.69) is 4.98 Å². The summed E-state index contributed by atoms with van der Waals surface area (Å²) < 4.78 is 11.8. The number of hydrogen-bond donors (Lipinski definition) is 0. The first-order valence-corrected chi connectivity index (χ1v) is 11.1. The van der Waals surface area contributed by atoms with Gasteiger partial charge in [0.05, 0.1) is 13.2 Å². The van der Waals surface area contributed by atoms with Crippen molar-refractivity contribution in [3.05, 3.63) is 89.2 Å². The summed E-state index contributed by atoms with van der Waals surface area (Å²) in [6, 6.07) is 16.2. The van der Waals surface area contributed by atoms with Crippen LogP contribution in [0, 0.1) is 0 Å². The van der Waals surface area contributed by atoms with Crippen molar-refractivity contribution >= 4 is 11.6 Å². The third-order valence-electron chi connectivity index (χ3n) is 6.66. The molecular weight excluding hydrogens is 402 g/mol. The number of carbonyl (C=O) groups is 2. The fourth-order valence-electron chi connectivity index (χ4n) is 4.99. The Morgan fingerprint density at radius 3 is 2.19 bits per heavy atom. The number of hydrogen-bond acceptors (Lipinski definition) is 5. The first-order valence-electron chi connectivity index (χ1n) is 11.1. The summed E-state index contributed by atoms with van der Waals surface area (Å²) in [5, 5.41) is 0. The third kappa shape index (κ3) is 3.29. The first kappa shape index (κ1) is 20.4. The van der Waals surface area contributed by atoms with Crippen LogP contribution in [-0.4, -0.2) is 29.8 Å². The van der Waals surface area contributed by atoms with E-state index in [-0.39, 0.29) is 24.1 Å². The highest BCUT2D eigenvalue weighted by Crippen LogP contribution is 2.45. The lowest BCUT2D eigenvalue weighted by Gasteiger charge is -2.28. The summed E-state index contributed by atoms with van der Waals surface area (Å²) in [4.78, 5) is 31.8. The van der Waals surface area contributed by atoms with Crippen LogP contribution in [0.2, 0.25) is 0 Å². The summed E-state index contributed by atoms with van der Waals surface area (Å²) in [6.07, 6.45) is 8.04. The van der Waals surface area contributed by atoms with Gasteiger partial charge in [-0.15, -0.1) is 0 Å². The number of carbonyl (C=O) groups excluding carboxylic acids is 2. The van der Waals surface area contributed by atoms with Gasteiger partial charge in [-0.25, -0.2) is 0 Å². The molecule has 0 spiro atoms. The van der Waals surface area contributed by atoms with Crippen molar-refractivity contribution in [2.24, 2.45) is 0 Å². The van der Waals surface area contributed by atoms with Gasteiger partial charge in [0.15, 0.2) is 23.1 Å². The lowest BCUT2D eigenvalue weighted by molar-refractivity contribution is 0.0792. The van der Waals surface area contributed by atoms with E-state index in [1.165, 1.54) is 0 Å². The zero-order valence-corrected chi connectivity index (χ0v) is 18.0. The van der Waals surface area contributed by atoms with Crippen LogP contribution in [0.15, 0.2) is 67.0 Å². The molecule has 0 aliphatic heterocycles. The van der Waals surface area contributed by atoms with E-state index in [4.69, 9.17) is 9.47 Å². The van der Waals surface area contributed by atoms with Gasteiger partial charge in [-0.1, -0.05) is 30.3 Å². The first-order chi connectivity index (χ1) is 15.6. The van der Waals surface area contributed by atoms with Gasteiger partial charge < -0.3 is 9.47 Å². The number of ketones is 2. The average molecular weight is 428 g/mol. The summed E-state index contributed by atoms with van der Waals surface area (Å²) in [5.74, 6) is 0.844. The number of nitrogens with zero attached hydrogens (tertiary/aromatic N) is 1. The largest absolute Gasteiger partial charge is 0.493 e. The highest BCUT2D eigenvalue weighted by atomic mass is 16.5. The molecule has 0 atom stereocenters. The Labute approximate surface area is 187 Å². The molecule has 2 aromatic carbocycles. The molecular formula is C27H25NO4. The maximum Gasteiger partial charge on any atom is 0.182 e. The fraction of sp³-hybridized carbons (Fsp3) is 0.296. The molecule has 5 heteroatoms. The highest BCUT2D eigenvalue weighted by molar-refractivity contribution is 6.33. The molecule has 1 aromatic heterocycles. The van der Waals surface area contributed by atoms with Crippen molar-refractivity contribution in [2.45, 2.75) is 43.6 Å². The molecule has 3 aromatic rings. The molecule has 1 heterocycles. The molecule has 1 saturated carbocycles. The van der Waals surface area contributed by atoms with Gasteiger partial charge in [0.1, 0.15) is 5.41 Å². The Hall–Kier alpha value is -3.47. The molecule has 0 saturated heterocycles. The number of methoxy groups -OCH3 is 1. The normalized spacial score (nSPS) is 17.4. The van der Waals surface area contributed by atoms with Crippen molar-refractivity contribution in [3.63, 3.8) is 0 Å². The monoisotopic (exact) mass is 427 g/mol. The van der Waals surface area contributed by atoms with Crippen LogP contribution in [0.1, 0.15) is 57.5 Å². The van der Waals surface area contributed by atoms with E-state index < -0.39 is 5.41 Å². The van der Waals surface area contributed by atoms with Crippen molar-refractivity contribution in [3.8, 4) is 11.5 Å². The van der Waals surface area contributed by atoms with Gasteiger partial charge in [0.2, 0.25) is 0 Å². The number of rotatable bonds is 6. The Balaban J connectivity index is 1.65. The predicted octanol–water partition coefficient (Wildman–Crippen LogP) is 4.97. The molecule has 162 valence electrons. The maximum absolute atomic E-state index is 13.8. The minimum absolute atomic E-state index is 0.127. The molecule has 0 bridgehead atoms.